The molecule has 0 bridgehead atoms. The van der Waals surface area contributed by atoms with Gasteiger partial charge in [0.05, 0.1) is 0 Å². The third-order valence-corrected chi connectivity index (χ3v) is 3.21. The quantitative estimate of drug-likeness (QED) is 0.705. The zero-order chi connectivity index (χ0) is 11.5. The van der Waals surface area contributed by atoms with Crippen molar-refractivity contribution in [1.82, 2.24) is 9.80 Å². The lowest BCUT2D eigenvalue weighted by Crippen LogP contribution is -2.47. The molecule has 1 aliphatic rings. The molecule has 90 valence electrons. The van der Waals surface area contributed by atoms with Crippen molar-refractivity contribution in [2.24, 2.45) is 11.3 Å². The molecule has 2 nitrogen and oxygen atoms in total. The predicted molar refractivity (Wildman–Crippen MR) is 67.2 cm³/mol. The lowest BCUT2D eigenvalue weighted by atomic mass is 9.83. The van der Waals surface area contributed by atoms with E-state index in [1.165, 1.54) is 39.1 Å². The Morgan fingerprint density at radius 3 is 2.07 bits per heavy atom. The molecule has 0 aromatic carbocycles. The Morgan fingerprint density at radius 1 is 1.07 bits per heavy atom. The highest BCUT2D eigenvalue weighted by molar-refractivity contribution is 4.78. The van der Waals surface area contributed by atoms with Crippen LogP contribution in [0.2, 0.25) is 0 Å². The van der Waals surface area contributed by atoms with Gasteiger partial charge < -0.3 is 9.80 Å². The SMILES string of the molecule is CC(C)CC(C)(C)CN1CCN(C)CC1. The third kappa shape index (κ3) is 4.98. The summed E-state index contributed by atoms with van der Waals surface area (Å²) >= 11 is 0. The first-order valence-corrected chi connectivity index (χ1v) is 6.30. The Balaban J connectivity index is 2.33. The zero-order valence-electron chi connectivity index (χ0n) is 11.2. The maximum atomic E-state index is 2.63. The van der Waals surface area contributed by atoms with Crippen molar-refractivity contribution in [2.45, 2.75) is 34.1 Å². The molecule has 0 aliphatic carbocycles. The van der Waals surface area contributed by atoms with Crippen LogP contribution < -0.4 is 0 Å². The topological polar surface area (TPSA) is 6.48 Å². The van der Waals surface area contributed by atoms with Crippen molar-refractivity contribution >= 4 is 0 Å². The van der Waals surface area contributed by atoms with Crippen molar-refractivity contribution in [3.8, 4) is 0 Å². The van der Waals surface area contributed by atoms with E-state index in [-0.39, 0.29) is 0 Å². The van der Waals surface area contributed by atoms with Gasteiger partial charge in [0.2, 0.25) is 0 Å². The molecule has 0 unspecified atom stereocenters. The van der Waals surface area contributed by atoms with Gasteiger partial charge in [-0.1, -0.05) is 27.7 Å². The standard InChI is InChI=1S/C13H28N2/c1-12(2)10-13(3,4)11-15-8-6-14(5)7-9-15/h12H,6-11H2,1-5H3. The summed E-state index contributed by atoms with van der Waals surface area (Å²) in [5.41, 5.74) is 0.476. The van der Waals surface area contributed by atoms with E-state index in [4.69, 9.17) is 0 Å². The van der Waals surface area contributed by atoms with Gasteiger partial charge >= 0.3 is 0 Å². The number of piperazine rings is 1. The van der Waals surface area contributed by atoms with Crippen LogP contribution >= 0.6 is 0 Å². The molecule has 0 amide bonds. The zero-order valence-corrected chi connectivity index (χ0v) is 11.2. The second-order valence-corrected chi connectivity index (χ2v) is 6.34. The molecule has 0 aromatic rings. The predicted octanol–water partition coefficient (Wildman–Crippen LogP) is 2.31. The van der Waals surface area contributed by atoms with Crippen LogP contribution in [0.1, 0.15) is 34.1 Å². The molecule has 0 N–H and O–H groups in total. The van der Waals surface area contributed by atoms with Crippen LogP contribution in [0.3, 0.4) is 0 Å². The fourth-order valence-electron chi connectivity index (χ4n) is 2.78. The van der Waals surface area contributed by atoms with Crippen molar-refractivity contribution in [2.75, 3.05) is 39.8 Å². The van der Waals surface area contributed by atoms with Crippen LogP contribution in [0.4, 0.5) is 0 Å². The Kier molecular flexibility index (Phi) is 4.60. The monoisotopic (exact) mass is 212 g/mol. The van der Waals surface area contributed by atoms with Crippen LogP contribution in [0, 0.1) is 11.3 Å². The lowest BCUT2D eigenvalue weighted by Gasteiger charge is -2.38. The van der Waals surface area contributed by atoms with E-state index in [9.17, 15) is 0 Å². The van der Waals surface area contributed by atoms with Crippen molar-refractivity contribution < 1.29 is 0 Å². The van der Waals surface area contributed by atoms with E-state index in [0.29, 0.717) is 5.41 Å². The number of rotatable bonds is 4. The van der Waals surface area contributed by atoms with E-state index < -0.39 is 0 Å². The Labute approximate surface area is 95.6 Å². The van der Waals surface area contributed by atoms with Crippen LogP contribution in [-0.2, 0) is 0 Å². The molecule has 1 saturated heterocycles. The fraction of sp³-hybridized carbons (Fsp3) is 1.00. The summed E-state index contributed by atoms with van der Waals surface area (Å²) in [5, 5.41) is 0. The summed E-state index contributed by atoms with van der Waals surface area (Å²) in [4.78, 5) is 5.05. The number of hydrogen-bond acceptors (Lipinski definition) is 2. The Morgan fingerprint density at radius 2 is 1.60 bits per heavy atom. The highest BCUT2D eigenvalue weighted by Gasteiger charge is 2.24. The van der Waals surface area contributed by atoms with Gasteiger partial charge in [-0.2, -0.15) is 0 Å². The molecule has 0 radical (unpaired) electrons. The maximum Gasteiger partial charge on any atom is 0.0110 e. The van der Waals surface area contributed by atoms with E-state index in [1.54, 1.807) is 0 Å². The van der Waals surface area contributed by atoms with Crippen LogP contribution in [-0.4, -0.2) is 49.6 Å². The van der Waals surface area contributed by atoms with Gasteiger partial charge in [0.15, 0.2) is 0 Å². The average Bonchev–Trinajstić information content (AvgIpc) is 2.06. The normalized spacial score (nSPS) is 21.2. The summed E-state index contributed by atoms with van der Waals surface area (Å²) in [6, 6.07) is 0. The number of hydrogen-bond donors (Lipinski definition) is 0. The molecule has 2 heteroatoms. The first kappa shape index (κ1) is 13.0. The molecular formula is C13H28N2. The lowest BCUT2D eigenvalue weighted by molar-refractivity contribution is 0.101. The van der Waals surface area contributed by atoms with Gasteiger partial charge in [-0.3, -0.25) is 0 Å². The second kappa shape index (κ2) is 5.31. The molecule has 1 fully saturated rings. The summed E-state index contributed by atoms with van der Waals surface area (Å²) in [7, 11) is 2.22. The first-order chi connectivity index (χ1) is 6.89. The largest absolute Gasteiger partial charge is 0.304 e. The molecular weight excluding hydrogens is 184 g/mol. The minimum atomic E-state index is 0.476. The first-order valence-electron chi connectivity index (χ1n) is 6.30. The second-order valence-electron chi connectivity index (χ2n) is 6.34. The molecule has 0 spiro atoms. The minimum Gasteiger partial charge on any atom is -0.304 e. The van der Waals surface area contributed by atoms with E-state index in [0.717, 1.165) is 5.92 Å². The van der Waals surface area contributed by atoms with Crippen molar-refractivity contribution in [3.63, 3.8) is 0 Å². The van der Waals surface area contributed by atoms with Crippen molar-refractivity contribution in [1.29, 1.82) is 0 Å². The highest BCUT2D eigenvalue weighted by Crippen LogP contribution is 2.26. The smallest absolute Gasteiger partial charge is 0.0110 e. The molecule has 0 aromatic heterocycles. The van der Waals surface area contributed by atoms with Gasteiger partial charge in [0.1, 0.15) is 0 Å². The van der Waals surface area contributed by atoms with Crippen LogP contribution in [0.25, 0.3) is 0 Å². The summed E-state index contributed by atoms with van der Waals surface area (Å²) in [5.74, 6) is 0.812. The van der Waals surface area contributed by atoms with Gasteiger partial charge in [0.25, 0.3) is 0 Å². The van der Waals surface area contributed by atoms with Crippen molar-refractivity contribution in [3.05, 3.63) is 0 Å². The Hall–Kier alpha value is -0.0800. The molecule has 0 atom stereocenters. The van der Waals surface area contributed by atoms with Gasteiger partial charge in [-0.15, -0.1) is 0 Å². The molecule has 15 heavy (non-hydrogen) atoms. The van der Waals surface area contributed by atoms with Gasteiger partial charge in [-0.25, -0.2) is 0 Å². The average molecular weight is 212 g/mol. The van der Waals surface area contributed by atoms with Gasteiger partial charge in [-0.05, 0) is 24.8 Å². The molecule has 1 rings (SSSR count). The van der Waals surface area contributed by atoms with Crippen LogP contribution in [0.15, 0.2) is 0 Å². The summed E-state index contributed by atoms with van der Waals surface area (Å²) in [6.07, 6.45) is 1.33. The van der Waals surface area contributed by atoms with E-state index in [1.807, 2.05) is 0 Å². The van der Waals surface area contributed by atoms with E-state index >= 15 is 0 Å². The molecule has 1 heterocycles. The third-order valence-electron chi connectivity index (χ3n) is 3.21. The number of nitrogens with zero attached hydrogens (tertiary/aromatic N) is 2. The molecule has 0 saturated carbocycles. The number of likely N-dealkylation sites (N-methyl/N-ethyl adjacent to an activating group) is 1. The minimum absolute atomic E-state index is 0.476. The summed E-state index contributed by atoms with van der Waals surface area (Å²) < 4.78 is 0. The molecule has 1 aliphatic heterocycles. The highest BCUT2D eigenvalue weighted by atomic mass is 15.2. The van der Waals surface area contributed by atoms with Gasteiger partial charge in [0, 0.05) is 32.7 Å². The maximum absolute atomic E-state index is 2.63. The summed E-state index contributed by atoms with van der Waals surface area (Å²) in [6.45, 7) is 15.7. The van der Waals surface area contributed by atoms with Crippen LogP contribution in [0.5, 0.6) is 0 Å². The Bertz CT molecular complexity index is 179. The van der Waals surface area contributed by atoms with E-state index in [2.05, 4.69) is 44.5 Å². The fourth-order valence-corrected chi connectivity index (χ4v) is 2.78.